The molecule has 2 aliphatic heterocycles. The first kappa shape index (κ1) is 34.6. The third-order valence-corrected chi connectivity index (χ3v) is 11.5. The number of aliphatic hydroxyl groups is 1. The molecule has 48 heavy (non-hydrogen) atoms. The van der Waals surface area contributed by atoms with Crippen LogP contribution in [0, 0.1) is 0 Å². The van der Waals surface area contributed by atoms with Gasteiger partial charge in [-0.25, -0.2) is 4.98 Å². The predicted octanol–water partition coefficient (Wildman–Crippen LogP) is 6.19. The van der Waals surface area contributed by atoms with Gasteiger partial charge in [0.25, 0.3) is 0 Å². The van der Waals surface area contributed by atoms with Crippen molar-refractivity contribution in [3.63, 3.8) is 0 Å². The van der Waals surface area contributed by atoms with Crippen molar-refractivity contribution >= 4 is 68.1 Å². The molecule has 1 atom stereocenters. The monoisotopic (exact) mass is 736 g/mol. The fourth-order valence-electron chi connectivity index (χ4n) is 6.93. The number of ether oxygens (including phenoxy) is 1. The van der Waals surface area contributed by atoms with E-state index in [1.807, 2.05) is 36.4 Å². The Morgan fingerprint density at radius 3 is 2.50 bits per heavy atom. The molecule has 0 amide bonds. The fourth-order valence-corrected chi connectivity index (χ4v) is 8.68. The van der Waals surface area contributed by atoms with E-state index in [1.165, 1.54) is 13.0 Å². The molecule has 6 rings (SSSR count). The van der Waals surface area contributed by atoms with Crippen LogP contribution in [-0.2, 0) is 4.57 Å². The van der Waals surface area contributed by atoms with Gasteiger partial charge < -0.3 is 34.8 Å². The first-order valence-electron chi connectivity index (χ1n) is 16.6. The van der Waals surface area contributed by atoms with E-state index in [2.05, 4.69) is 58.3 Å². The standard InChI is InChI=1S/C35H46BrN8O3P/c1-23(45)26-19-29(32(47-3)20-31(26)44-15-11-24(12-16-44)43-14-8-13-42(2)17-18-43)40-35-38-21-27(36)34(41-35)39-30-22-37-28-10-7-6-9-25(28)33(30)48(4,5)46/h6-7,9-10,19-24,45H,8,11-18H2,1-5H3,(H2,38,39,40,41). The Labute approximate surface area is 291 Å². The lowest BCUT2D eigenvalue weighted by Gasteiger charge is -2.40. The summed E-state index contributed by atoms with van der Waals surface area (Å²) in [7, 11) is 1.16. The van der Waals surface area contributed by atoms with Crippen LogP contribution in [0.2, 0.25) is 0 Å². The number of fused-ring (bicyclic) bond motifs is 1. The predicted molar refractivity (Wildman–Crippen MR) is 200 cm³/mol. The number of benzene rings is 2. The molecule has 0 saturated carbocycles. The third kappa shape index (κ3) is 7.63. The first-order chi connectivity index (χ1) is 23.0. The number of methoxy groups -OCH3 is 1. The Balaban J connectivity index is 1.24. The molecular formula is C35H46BrN8O3P. The van der Waals surface area contributed by atoms with Gasteiger partial charge in [0.15, 0.2) is 0 Å². The van der Waals surface area contributed by atoms with Gasteiger partial charge in [0.1, 0.15) is 18.7 Å². The van der Waals surface area contributed by atoms with Crippen LogP contribution in [0.4, 0.5) is 28.8 Å². The summed E-state index contributed by atoms with van der Waals surface area (Å²) < 4.78 is 20.0. The zero-order valence-electron chi connectivity index (χ0n) is 28.4. The third-order valence-electron chi connectivity index (χ3n) is 9.40. The Kier molecular flexibility index (Phi) is 10.6. The Bertz CT molecular complexity index is 1810. The second-order valence-corrected chi connectivity index (χ2v) is 17.2. The number of nitrogens with one attached hydrogen (secondary N) is 2. The molecule has 3 N–H and O–H groups in total. The Hall–Kier alpha value is -3.28. The van der Waals surface area contributed by atoms with Gasteiger partial charge in [-0.15, -0.1) is 0 Å². The average molecular weight is 738 g/mol. The number of pyridine rings is 1. The van der Waals surface area contributed by atoms with Crippen molar-refractivity contribution in [1.29, 1.82) is 0 Å². The summed E-state index contributed by atoms with van der Waals surface area (Å²) >= 11 is 3.57. The van der Waals surface area contributed by atoms with E-state index in [-0.39, 0.29) is 0 Å². The minimum absolute atomic E-state index is 0.332. The smallest absolute Gasteiger partial charge is 0.229 e. The van der Waals surface area contributed by atoms with Crippen molar-refractivity contribution in [1.82, 2.24) is 24.8 Å². The molecule has 4 heterocycles. The van der Waals surface area contributed by atoms with E-state index in [0.29, 0.717) is 39.4 Å². The lowest BCUT2D eigenvalue weighted by Crippen LogP contribution is -2.46. The molecule has 4 aromatic rings. The lowest BCUT2D eigenvalue weighted by molar-refractivity contribution is 0.174. The number of aromatic nitrogens is 3. The van der Waals surface area contributed by atoms with Crippen molar-refractivity contribution in [2.75, 3.05) is 82.3 Å². The van der Waals surface area contributed by atoms with E-state index in [1.54, 1.807) is 39.8 Å². The van der Waals surface area contributed by atoms with Crippen molar-refractivity contribution < 1.29 is 14.4 Å². The van der Waals surface area contributed by atoms with Crippen molar-refractivity contribution in [2.45, 2.75) is 38.3 Å². The highest BCUT2D eigenvalue weighted by atomic mass is 79.9. The van der Waals surface area contributed by atoms with Crippen LogP contribution in [0.5, 0.6) is 5.75 Å². The summed E-state index contributed by atoms with van der Waals surface area (Å²) in [6, 6.07) is 12.2. The maximum Gasteiger partial charge on any atom is 0.229 e. The summed E-state index contributed by atoms with van der Waals surface area (Å²) in [5.74, 6) is 1.45. The zero-order chi connectivity index (χ0) is 34.0. The molecule has 13 heteroatoms. The molecular weight excluding hydrogens is 691 g/mol. The van der Waals surface area contributed by atoms with Crippen LogP contribution in [0.1, 0.15) is 37.9 Å². The molecule has 2 aliphatic rings. The number of anilines is 5. The summed E-state index contributed by atoms with van der Waals surface area (Å²) in [5, 5.41) is 19.2. The zero-order valence-corrected chi connectivity index (χ0v) is 30.9. The number of halogens is 1. The van der Waals surface area contributed by atoms with Gasteiger partial charge in [-0.2, -0.15) is 4.98 Å². The number of hydrogen-bond donors (Lipinski definition) is 3. The fraction of sp³-hybridized carbons (Fsp3) is 0.457. The van der Waals surface area contributed by atoms with Gasteiger partial charge in [0.05, 0.1) is 40.8 Å². The minimum atomic E-state index is -2.70. The van der Waals surface area contributed by atoms with Gasteiger partial charge in [0, 0.05) is 66.4 Å². The van der Waals surface area contributed by atoms with E-state index in [4.69, 9.17) is 9.72 Å². The molecule has 2 aromatic carbocycles. The Morgan fingerprint density at radius 2 is 1.77 bits per heavy atom. The number of para-hydroxylation sites is 1. The molecule has 0 spiro atoms. The van der Waals surface area contributed by atoms with Crippen LogP contribution in [0.25, 0.3) is 10.9 Å². The van der Waals surface area contributed by atoms with Crippen molar-refractivity contribution in [2.24, 2.45) is 0 Å². The molecule has 11 nitrogen and oxygen atoms in total. The quantitative estimate of drug-likeness (QED) is 0.171. The van der Waals surface area contributed by atoms with Crippen LogP contribution < -0.4 is 25.6 Å². The van der Waals surface area contributed by atoms with Gasteiger partial charge in [-0.3, -0.25) is 9.88 Å². The van der Waals surface area contributed by atoms with Gasteiger partial charge in [-0.05, 0) is 87.7 Å². The second-order valence-electron chi connectivity index (χ2n) is 13.2. The topological polar surface area (TPSA) is 119 Å². The molecule has 2 aromatic heterocycles. The van der Waals surface area contributed by atoms with E-state index >= 15 is 0 Å². The number of nitrogens with zero attached hydrogens (tertiary/aromatic N) is 6. The summed E-state index contributed by atoms with van der Waals surface area (Å²) in [5.41, 5.74) is 3.86. The Morgan fingerprint density at radius 1 is 1.00 bits per heavy atom. The molecule has 0 radical (unpaired) electrons. The summed E-state index contributed by atoms with van der Waals surface area (Å²) in [6.45, 7) is 11.7. The number of aliphatic hydroxyl groups excluding tert-OH is 1. The molecule has 0 aliphatic carbocycles. The van der Waals surface area contributed by atoms with E-state index in [0.717, 1.165) is 73.0 Å². The summed E-state index contributed by atoms with van der Waals surface area (Å²) in [6.07, 6.45) is 6.07. The van der Waals surface area contributed by atoms with Crippen LogP contribution in [-0.4, -0.2) is 103 Å². The number of likely N-dealkylation sites (N-methyl/N-ethyl adjacent to an activating group) is 1. The average Bonchev–Trinajstić information content (AvgIpc) is 3.29. The van der Waals surface area contributed by atoms with Gasteiger partial charge >= 0.3 is 0 Å². The molecule has 2 fully saturated rings. The number of rotatable bonds is 9. The maximum atomic E-state index is 13.5. The van der Waals surface area contributed by atoms with E-state index < -0.39 is 13.2 Å². The lowest BCUT2D eigenvalue weighted by atomic mass is 9.99. The van der Waals surface area contributed by atoms with Crippen molar-refractivity contribution in [3.05, 3.63) is 58.8 Å². The molecule has 1 unspecified atom stereocenters. The largest absolute Gasteiger partial charge is 0.494 e. The van der Waals surface area contributed by atoms with Gasteiger partial charge in [0.2, 0.25) is 5.95 Å². The first-order valence-corrected chi connectivity index (χ1v) is 20.0. The number of piperidine rings is 1. The molecule has 0 bridgehead atoms. The highest BCUT2D eigenvalue weighted by Gasteiger charge is 2.28. The number of hydrogen-bond acceptors (Lipinski definition) is 11. The van der Waals surface area contributed by atoms with Crippen LogP contribution >= 0.6 is 23.1 Å². The SMILES string of the molecule is COc1cc(N2CCC(N3CCCN(C)CC3)CC2)c(C(C)O)cc1Nc1ncc(Br)c(Nc2cnc3ccccc3c2P(C)(C)=O)n1. The van der Waals surface area contributed by atoms with Crippen LogP contribution in [0.3, 0.4) is 0 Å². The summed E-state index contributed by atoms with van der Waals surface area (Å²) in [4.78, 5) is 21.3. The van der Waals surface area contributed by atoms with E-state index in [9.17, 15) is 9.67 Å². The molecule has 256 valence electrons. The minimum Gasteiger partial charge on any atom is -0.494 e. The molecule has 2 saturated heterocycles. The normalized spacial score (nSPS) is 17.7. The van der Waals surface area contributed by atoms with Crippen LogP contribution in [0.15, 0.2) is 53.3 Å². The van der Waals surface area contributed by atoms with Gasteiger partial charge in [-0.1, -0.05) is 18.2 Å². The maximum absolute atomic E-state index is 13.5. The second kappa shape index (κ2) is 14.7. The highest BCUT2D eigenvalue weighted by molar-refractivity contribution is 9.10. The highest BCUT2D eigenvalue weighted by Crippen LogP contribution is 2.42. The van der Waals surface area contributed by atoms with Crippen molar-refractivity contribution in [3.8, 4) is 5.75 Å².